The minimum absolute atomic E-state index is 1.47. The van der Waals surface area contributed by atoms with Gasteiger partial charge in [0.1, 0.15) is 0 Å². The number of aromatic nitrogens is 1. The van der Waals surface area contributed by atoms with E-state index < -0.39 is 0 Å². The van der Waals surface area contributed by atoms with Gasteiger partial charge in [-0.1, -0.05) is 0 Å². The Hall–Kier alpha value is 0.550. The first-order valence-electron chi connectivity index (χ1n) is 1.11. The van der Waals surface area contributed by atoms with Gasteiger partial charge in [-0.05, 0) is 19.7 Å². The normalized spacial score (nSPS) is 8.00. The first kappa shape index (κ1) is 4.70. The molecule has 1 nitrogen and oxygen atoms in total. The standard InChI is InChI=1S/CNS4/c1-2-4-6-5-3-1. The third-order valence-electron chi connectivity index (χ3n) is 0.204. The summed E-state index contributed by atoms with van der Waals surface area (Å²) >= 11 is 0. The van der Waals surface area contributed by atoms with Crippen LogP contribution in [0.3, 0.4) is 0 Å². The molecule has 33 valence electrons. The first-order valence-corrected chi connectivity index (χ1v) is 5.88. The van der Waals surface area contributed by atoms with E-state index in [0.29, 0.717) is 0 Å². The van der Waals surface area contributed by atoms with E-state index in [1.165, 1.54) is 20.9 Å². The number of nitrogens with zero attached hydrogens (tertiary/aromatic N) is 1. The van der Waals surface area contributed by atoms with Crippen molar-refractivity contribution in [1.82, 2.24) is 4.37 Å². The van der Waals surface area contributed by atoms with Gasteiger partial charge in [-0.25, -0.2) is 0 Å². The molecule has 0 aliphatic rings. The zero-order chi connectivity index (χ0) is 4.24. The fourth-order valence-electron chi connectivity index (χ4n) is 0.0872. The highest BCUT2D eigenvalue weighted by Gasteiger charge is 1.64. The Morgan fingerprint density at radius 1 is 1.33 bits per heavy atom. The van der Waals surface area contributed by atoms with Crippen molar-refractivity contribution in [3.8, 4) is 0 Å². The Kier molecular flexibility index (Phi) is 2.10. The minimum Gasteiger partial charge on any atom is -0.167 e. The topological polar surface area (TPSA) is 12.9 Å². The molecule has 1 aromatic heterocycles. The summed E-state index contributed by atoms with van der Waals surface area (Å²) in [5, 5.41) is 0. The van der Waals surface area contributed by atoms with Crippen molar-refractivity contribution < 1.29 is 0 Å². The molecule has 0 aliphatic heterocycles. The molecule has 0 saturated heterocycles. The maximum absolute atomic E-state index is 3.75. The van der Waals surface area contributed by atoms with E-state index in [-0.39, 0.29) is 0 Å². The van der Waals surface area contributed by atoms with Gasteiger partial charge in [0.25, 0.3) is 0 Å². The first-order chi connectivity index (χ1) is 3.00. The van der Waals surface area contributed by atoms with Crippen molar-refractivity contribution in [2.45, 2.75) is 0 Å². The van der Waals surface area contributed by atoms with Crippen LogP contribution in [-0.4, -0.2) is 4.37 Å². The van der Waals surface area contributed by atoms with E-state index in [0.717, 1.165) is 0 Å². The summed E-state index contributed by atoms with van der Waals surface area (Å²) in [6.07, 6.45) is 0. The molecule has 0 saturated carbocycles. The molecule has 1 rings (SSSR count). The van der Waals surface area contributed by atoms with Crippen LogP contribution in [0.4, 0.5) is 0 Å². The molecule has 0 bridgehead atoms. The molecule has 0 N–H and O–H groups in total. The van der Waals surface area contributed by atoms with Gasteiger partial charge < -0.3 is 0 Å². The average Bonchev–Trinajstić information content (AvgIpc) is 1.72. The zero-order valence-electron chi connectivity index (χ0n) is 2.58. The summed E-state index contributed by atoms with van der Waals surface area (Å²) in [5.74, 6) is 0. The molecule has 0 spiro atoms. The smallest absolute Gasteiger partial charge is 0.167 e. The molecule has 0 aromatic carbocycles. The van der Waals surface area contributed by atoms with Crippen molar-refractivity contribution in [1.29, 1.82) is 0 Å². The number of hydrogen-bond acceptors (Lipinski definition) is 5. The molecule has 0 fully saturated rings. The summed E-state index contributed by atoms with van der Waals surface area (Å²) in [6.45, 7) is 0. The maximum Gasteiger partial charge on any atom is 0.178 e. The Labute approximate surface area is 49.5 Å². The molecular weight excluding hydrogens is 154 g/mol. The molecule has 0 amide bonds. The van der Waals surface area contributed by atoms with Crippen LogP contribution < -0.4 is 0 Å². The van der Waals surface area contributed by atoms with Crippen LogP contribution in [0.25, 0.3) is 0 Å². The van der Waals surface area contributed by atoms with Gasteiger partial charge in [-0.3, -0.25) is 0 Å². The molecular formula is CNS4. The summed E-state index contributed by atoms with van der Waals surface area (Å²) in [6, 6.07) is 0. The fourth-order valence-corrected chi connectivity index (χ4v) is 3.77. The van der Waals surface area contributed by atoms with Crippen LogP contribution in [0.15, 0.2) is 0 Å². The molecule has 5 heteroatoms. The second-order valence-electron chi connectivity index (χ2n) is 0.477. The maximum atomic E-state index is 3.75. The van der Waals surface area contributed by atoms with Crippen LogP contribution in [0.2, 0.25) is 0 Å². The van der Waals surface area contributed by atoms with Crippen molar-refractivity contribution in [2.24, 2.45) is 0 Å². The zero-order valence-corrected chi connectivity index (χ0v) is 5.85. The molecule has 0 unspecified atom stereocenters. The second-order valence-corrected chi connectivity index (χ2v) is 5.64. The lowest BCUT2D eigenvalue weighted by molar-refractivity contribution is 1.62. The van der Waals surface area contributed by atoms with Gasteiger partial charge in [0, 0.05) is 19.9 Å². The third kappa shape index (κ3) is 1.34. The Morgan fingerprint density at radius 3 is 2.50 bits per heavy atom. The SMILES string of the molecule is [c]1nssss1. The molecule has 1 heterocycles. The van der Waals surface area contributed by atoms with Crippen LogP contribution in [0.1, 0.15) is 0 Å². The quantitative estimate of drug-likeness (QED) is 0.522. The van der Waals surface area contributed by atoms with Crippen LogP contribution in [-0.2, 0) is 0 Å². The van der Waals surface area contributed by atoms with E-state index in [9.17, 15) is 0 Å². The van der Waals surface area contributed by atoms with Crippen molar-refractivity contribution >= 4 is 39.6 Å². The number of hydrogen-bond donors (Lipinski definition) is 0. The van der Waals surface area contributed by atoms with E-state index >= 15 is 0 Å². The largest absolute Gasteiger partial charge is 0.178 e. The second kappa shape index (κ2) is 2.68. The van der Waals surface area contributed by atoms with E-state index in [1.54, 1.807) is 18.7 Å². The monoisotopic (exact) mass is 154 g/mol. The summed E-state index contributed by atoms with van der Waals surface area (Å²) in [4.78, 5) is 0. The summed E-state index contributed by atoms with van der Waals surface area (Å²) in [7, 11) is 6.35. The highest BCUT2D eigenvalue weighted by Crippen LogP contribution is 2.11. The van der Waals surface area contributed by atoms with Crippen molar-refractivity contribution in [3.05, 3.63) is 5.51 Å². The van der Waals surface area contributed by atoms with Gasteiger partial charge in [-0.15, -0.1) is 0 Å². The molecule has 0 atom stereocenters. The minimum atomic E-state index is 1.47. The lowest BCUT2D eigenvalue weighted by atomic mass is 11.7. The molecule has 1 radical (unpaired) electrons. The third-order valence-corrected chi connectivity index (χ3v) is 5.00. The fraction of sp³-hybridized carbons (Fsp3) is 0. The summed E-state index contributed by atoms with van der Waals surface area (Å²) in [5.41, 5.74) is 2.73. The van der Waals surface area contributed by atoms with Crippen LogP contribution in [0.5, 0.6) is 0 Å². The molecule has 6 heavy (non-hydrogen) atoms. The Morgan fingerprint density at radius 2 is 2.33 bits per heavy atom. The van der Waals surface area contributed by atoms with Gasteiger partial charge in [0.15, 0.2) is 5.51 Å². The van der Waals surface area contributed by atoms with Crippen molar-refractivity contribution in [2.75, 3.05) is 0 Å². The summed E-state index contributed by atoms with van der Waals surface area (Å²) < 4.78 is 3.75. The average molecular weight is 154 g/mol. The highest BCUT2D eigenvalue weighted by molar-refractivity contribution is 8.06. The predicted molar refractivity (Wildman–Crippen MR) is 32.2 cm³/mol. The van der Waals surface area contributed by atoms with Gasteiger partial charge >= 0.3 is 0 Å². The van der Waals surface area contributed by atoms with E-state index in [4.69, 9.17) is 0 Å². The van der Waals surface area contributed by atoms with Crippen molar-refractivity contribution in [3.63, 3.8) is 0 Å². The Balaban J connectivity index is 3.00. The predicted octanol–water partition coefficient (Wildman–Crippen LogP) is 2.25. The van der Waals surface area contributed by atoms with Gasteiger partial charge in [-0.2, -0.15) is 4.37 Å². The highest BCUT2D eigenvalue weighted by atomic mass is 33.4. The van der Waals surface area contributed by atoms with Crippen LogP contribution >= 0.6 is 39.6 Å². The Bertz CT molecular complexity index is 79.5. The molecule has 0 aliphatic carbocycles. The van der Waals surface area contributed by atoms with Crippen LogP contribution in [0, 0.1) is 5.51 Å². The molecule has 1 aromatic rings. The van der Waals surface area contributed by atoms with E-state index in [1.807, 2.05) is 0 Å². The lowest BCUT2D eigenvalue weighted by Gasteiger charge is -1.64. The van der Waals surface area contributed by atoms with Gasteiger partial charge in [0.2, 0.25) is 0 Å². The number of rotatable bonds is 0. The van der Waals surface area contributed by atoms with Gasteiger partial charge in [0.05, 0.1) is 0 Å². The van der Waals surface area contributed by atoms with E-state index in [2.05, 4.69) is 9.88 Å². The lowest BCUT2D eigenvalue weighted by Crippen LogP contribution is -1.41.